The Morgan fingerprint density at radius 2 is 1.60 bits per heavy atom. The van der Waals surface area contributed by atoms with E-state index in [2.05, 4.69) is 44.8 Å². The Bertz CT molecular complexity index is 165. The zero-order chi connectivity index (χ0) is 11.4. The molecular weight excluding hydrogens is 184 g/mol. The highest BCUT2D eigenvalue weighted by Crippen LogP contribution is 2.32. The van der Waals surface area contributed by atoms with Gasteiger partial charge in [-0.15, -0.1) is 0 Å². The highest BCUT2D eigenvalue weighted by atomic mass is 15.2. The molecule has 15 heavy (non-hydrogen) atoms. The van der Waals surface area contributed by atoms with Gasteiger partial charge in [0, 0.05) is 31.2 Å². The zero-order valence-corrected chi connectivity index (χ0v) is 11.1. The molecule has 0 aromatic carbocycles. The van der Waals surface area contributed by atoms with Crippen molar-refractivity contribution in [2.24, 2.45) is 5.92 Å². The second-order valence-corrected chi connectivity index (χ2v) is 5.51. The van der Waals surface area contributed by atoms with E-state index in [0.717, 1.165) is 18.5 Å². The number of hydrogen-bond acceptors (Lipinski definition) is 2. The zero-order valence-electron chi connectivity index (χ0n) is 11.1. The summed E-state index contributed by atoms with van der Waals surface area (Å²) in [6.07, 6.45) is 2.87. The lowest BCUT2D eigenvalue weighted by Crippen LogP contribution is -2.43. The van der Waals surface area contributed by atoms with Crippen molar-refractivity contribution in [2.45, 2.75) is 65.6 Å². The van der Waals surface area contributed by atoms with Crippen LogP contribution < -0.4 is 5.32 Å². The molecule has 0 aromatic heterocycles. The molecule has 0 bridgehead atoms. The van der Waals surface area contributed by atoms with Crippen LogP contribution in [0.3, 0.4) is 0 Å². The van der Waals surface area contributed by atoms with Gasteiger partial charge in [-0.3, -0.25) is 4.90 Å². The summed E-state index contributed by atoms with van der Waals surface area (Å²) in [7, 11) is 0. The van der Waals surface area contributed by atoms with Crippen molar-refractivity contribution in [1.82, 2.24) is 10.2 Å². The third-order valence-electron chi connectivity index (χ3n) is 3.49. The quantitative estimate of drug-likeness (QED) is 0.697. The van der Waals surface area contributed by atoms with Crippen molar-refractivity contribution in [1.29, 1.82) is 0 Å². The predicted octanol–water partition coefficient (Wildman–Crippen LogP) is 2.49. The molecule has 2 nitrogen and oxygen atoms in total. The fourth-order valence-electron chi connectivity index (χ4n) is 2.30. The Hall–Kier alpha value is -0.0800. The summed E-state index contributed by atoms with van der Waals surface area (Å²) in [4.78, 5) is 2.55. The van der Waals surface area contributed by atoms with E-state index in [1.165, 1.54) is 19.4 Å². The third-order valence-corrected chi connectivity index (χ3v) is 3.49. The minimum atomic E-state index is 0.656. The highest BCUT2D eigenvalue weighted by Gasteiger charge is 2.27. The Kier molecular flexibility index (Phi) is 5.07. The van der Waals surface area contributed by atoms with Gasteiger partial charge in [-0.05, 0) is 53.4 Å². The molecule has 90 valence electrons. The minimum absolute atomic E-state index is 0.656. The molecule has 0 spiro atoms. The summed E-state index contributed by atoms with van der Waals surface area (Å²) in [6, 6.07) is 2.04. The van der Waals surface area contributed by atoms with Crippen molar-refractivity contribution in [3.05, 3.63) is 0 Å². The van der Waals surface area contributed by atoms with Crippen LogP contribution in [0.2, 0.25) is 0 Å². The number of rotatable bonds is 7. The van der Waals surface area contributed by atoms with E-state index in [1.54, 1.807) is 0 Å². The number of nitrogens with one attached hydrogen (secondary N) is 1. The fourth-order valence-corrected chi connectivity index (χ4v) is 2.30. The lowest BCUT2D eigenvalue weighted by atomic mass is 10.2. The topological polar surface area (TPSA) is 15.3 Å². The lowest BCUT2D eigenvalue weighted by Gasteiger charge is -2.31. The van der Waals surface area contributed by atoms with Crippen LogP contribution in [0, 0.1) is 5.92 Å². The number of hydrogen-bond donors (Lipinski definition) is 1. The molecule has 0 saturated heterocycles. The largest absolute Gasteiger partial charge is 0.313 e. The van der Waals surface area contributed by atoms with E-state index >= 15 is 0 Å². The second kappa shape index (κ2) is 5.86. The van der Waals surface area contributed by atoms with Crippen molar-refractivity contribution in [2.75, 3.05) is 13.1 Å². The van der Waals surface area contributed by atoms with Crippen LogP contribution in [0.5, 0.6) is 0 Å². The first-order valence-corrected chi connectivity index (χ1v) is 6.51. The van der Waals surface area contributed by atoms with E-state index in [4.69, 9.17) is 0 Å². The average molecular weight is 212 g/mol. The van der Waals surface area contributed by atoms with E-state index in [0.29, 0.717) is 12.1 Å². The van der Waals surface area contributed by atoms with Crippen LogP contribution in [0.1, 0.15) is 47.5 Å². The van der Waals surface area contributed by atoms with Crippen LogP contribution in [-0.2, 0) is 0 Å². The molecule has 1 aliphatic carbocycles. The molecule has 0 radical (unpaired) electrons. The Morgan fingerprint density at radius 3 is 2.00 bits per heavy atom. The molecule has 1 N–H and O–H groups in total. The summed E-state index contributed by atoms with van der Waals surface area (Å²) in [6.45, 7) is 13.8. The van der Waals surface area contributed by atoms with E-state index in [-0.39, 0.29) is 0 Å². The van der Waals surface area contributed by atoms with Gasteiger partial charge in [-0.25, -0.2) is 0 Å². The third kappa shape index (κ3) is 4.52. The van der Waals surface area contributed by atoms with E-state index in [1.807, 2.05) is 0 Å². The minimum Gasteiger partial charge on any atom is -0.313 e. The van der Waals surface area contributed by atoms with E-state index < -0.39 is 0 Å². The van der Waals surface area contributed by atoms with Crippen molar-refractivity contribution >= 4 is 0 Å². The van der Waals surface area contributed by atoms with Crippen molar-refractivity contribution in [3.8, 4) is 0 Å². The highest BCUT2D eigenvalue weighted by molar-refractivity contribution is 4.83. The molecule has 0 aromatic rings. The van der Waals surface area contributed by atoms with Gasteiger partial charge in [-0.2, -0.15) is 0 Å². The van der Waals surface area contributed by atoms with Crippen LogP contribution in [0.25, 0.3) is 0 Å². The summed E-state index contributed by atoms with van der Waals surface area (Å²) in [5.74, 6) is 0.969. The Labute approximate surface area is 95.4 Å². The Balaban J connectivity index is 2.15. The first kappa shape index (κ1) is 13.0. The van der Waals surface area contributed by atoms with Crippen molar-refractivity contribution in [3.63, 3.8) is 0 Å². The van der Waals surface area contributed by atoms with Gasteiger partial charge in [0.1, 0.15) is 0 Å². The molecule has 1 aliphatic rings. The number of nitrogens with zero attached hydrogens (tertiary/aromatic N) is 1. The molecule has 0 heterocycles. The average Bonchev–Trinajstić information content (AvgIpc) is 2.93. The molecular formula is C13H28N2. The van der Waals surface area contributed by atoms with Gasteiger partial charge in [0.2, 0.25) is 0 Å². The smallest absolute Gasteiger partial charge is 0.0112 e. The molecule has 0 amide bonds. The first-order chi connectivity index (χ1) is 7.02. The molecule has 2 heteroatoms. The van der Waals surface area contributed by atoms with Crippen LogP contribution in [-0.4, -0.2) is 36.1 Å². The molecule has 1 fully saturated rings. The van der Waals surface area contributed by atoms with Crippen LogP contribution in [0.4, 0.5) is 0 Å². The fraction of sp³-hybridized carbons (Fsp3) is 1.00. The predicted molar refractivity (Wildman–Crippen MR) is 67.2 cm³/mol. The van der Waals surface area contributed by atoms with Gasteiger partial charge in [0.15, 0.2) is 0 Å². The molecule has 1 rings (SSSR count). The van der Waals surface area contributed by atoms with Crippen molar-refractivity contribution < 1.29 is 0 Å². The molecule has 0 unspecified atom stereocenters. The maximum absolute atomic E-state index is 3.64. The lowest BCUT2D eigenvalue weighted by molar-refractivity contribution is 0.173. The Morgan fingerprint density at radius 1 is 1.07 bits per heavy atom. The first-order valence-electron chi connectivity index (χ1n) is 6.51. The maximum Gasteiger partial charge on any atom is 0.0112 e. The van der Waals surface area contributed by atoms with Crippen LogP contribution >= 0.6 is 0 Å². The monoisotopic (exact) mass is 212 g/mol. The second-order valence-electron chi connectivity index (χ2n) is 5.51. The SMILES string of the molecule is CC(C)N(CCN[C@H](C)C1CC1)C(C)C. The van der Waals surface area contributed by atoms with Gasteiger partial charge in [0.05, 0.1) is 0 Å². The summed E-state index contributed by atoms with van der Waals surface area (Å²) >= 11 is 0. The summed E-state index contributed by atoms with van der Waals surface area (Å²) in [5, 5.41) is 3.64. The van der Waals surface area contributed by atoms with Gasteiger partial charge < -0.3 is 5.32 Å². The van der Waals surface area contributed by atoms with Gasteiger partial charge >= 0.3 is 0 Å². The molecule has 1 atom stereocenters. The summed E-state index contributed by atoms with van der Waals surface area (Å²) in [5.41, 5.74) is 0. The maximum atomic E-state index is 3.64. The van der Waals surface area contributed by atoms with Gasteiger partial charge in [0.25, 0.3) is 0 Å². The normalized spacial score (nSPS) is 19.2. The van der Waals surface area contributed by atoms with Gasteiger partial charge in [-0.1, -0.05) is 0 Å². The summed E-state index contributed by atoms with van der Waals surface area (Å²) < 4.78 is 0. The standard InChI is InChI=1S/C13H28N2/c1-10(2)15(11(3)4)9-8-14-12(5)13-6-7-13/h10-14H,6-9H2,1-5H3/t12-/m1/s1. The van der Waals surface area contributed by atoms with E-state index in [9.17, 15) is 0 Å². The molecule has 1 saturated carbocycles. The van der Waals surface area contributed by atoms with Crippen LogP contribution in [0.15, 0.2) is 0 Å². The molecule has 0 aliphatic heterocycles.